The predicted molar refractivity (Wildman–Crippen MR) is 167 cm³/mol. The predicted octanol–water partition coefficient (Wildman–Crippen LogP) is 4.36. The molecule has 43 heavy (non-hydrogen) atoms. The first-order valence-electron chi connectivity index (χ1n) is 14.1. The van der Waals surface area contributed by atoms with Gasteiger partial charge in [0.2, 0.25) is 11.8 Å². The lowest BCUT2D eigenvalue weighted by molar-refractivity contribution is -0.139. The summed E-state index contributed by atoms with van der Waals surface area (Å²) in [5, 5.41) is 8.10. The summed E-state index contributed by atoms with van der Waals surface area (Å²) >= 11 is 3.34. The Morgan fingerprint density at radius 2 is 1.84 bits per heavy atom. The topological polar surface area (TPSA) is 126 Å². The number of pyridine rings is 1. The van der Waals surface area contributed by atoms with Crippen molar-refractivity contribution in [1.82, 2.24) is 34.5 Å². The number of carbonyl (C=O) groups excluding carboxylic acids is 3. The molecular weight excluding hydrogens is 612 g/mol. The van der Waals surface area contributed by atoms with Gasteiger partial charge in [-0.1, -0.05) is 19.1 Å². The van der Waals surface area contributed by atoms with Crippen molar-refractivity contribution < 1.29 is 14.4 Å². The minimum absolute atomic E-state index is 0.127. The fraction of sp³-hybridized carbons (Fsp3) is 0.387. The number of ketones is 1. The molecule has 1 aliphatic rings. The number of benzene rings is 1. The molecule has 0 spiro atoms. The summed E-state index contributed by atoms with van der Waals surface area (Å²) in [5.41, 5.74) is 2.24. The molecule has 1 aromatic carbocycles. The Morgan fingerprint density at radius 3 is 2.49 bits per heavy atom. The van der Waals surface area contributed by atoms with E-state index in [1.165, 1.54) is 6.92 Å². The Morgan fingerprint density at radius 1 is 1.12 bits per heavy atom. The molecule has 0 radical (unpaired) electrons. The summed E-state index contributed by atoms with van der Waals surface area (Å²) in [6, 6.07) is 9.95. The molecule has 0 unspecified atom stereocenters. The zero-order valence-corrected chi connectivity index (χ0v) is 26.7. The summed E-state index contributed by atoms with van der Waals surface area (Å²) in [7, 11) is 3.97. The largest absolute Gasteiger partial charge is 0.326 e. The first kappa shape index (κ1) is 30.4. The maximum atomic E-state index is 14.1. The second-order valence-corrected chi connectivity index (χ2v) is 12.5. The molecule has 224 valence electrons. The van der Waals surface area contributed by atoms with Gasteiger partial charge in [-0.15, -0.1) is 0 Å². The minimum Gasteiger partial charge on any atom is -0.326 e. The molecule has 0 bridgehead atoms. The van der Waals surface area contributed by atoms with Crippen molar-refractivity contribution in [2.75, 3.05) is 26.0 Å². The van der Waals surface area contributed by atoms with Crippen LogP contribution < -0.4 is 5.32 Å². The van der Waals surface area contributed by atoms with Gasteiger partial charge in [0.1, 0.15) is 34.5 Å². The van der Waals surface area contributed by atoms with Crippen molar-refractivity contribution in [3.05, 3.63) is 64.9 Å². The monoisotopic (exact) mass is 646 g/mol. The number of halogens is 1. The van der Waals surface area contributed by atoms with Gasteiger partial charge in [0.25, 0.3) is 0 Å². The number of hydrogen-bond donors (Lipinski definition) is 1. The average Bonchev–Trinajstić information content (AvgIpc) is 3.42. The van der Waals surface area contributed by atoms with E-state index in [2.05, 4.69) is 53.1 Å². The number of amides is 2. The Kier molecular flexibility index (Phi) is 8.44. The Balaban J connectivity index is 1.48. The number of nitrogens with one attached hydrogen (secondary N) is 1. The van der Waals surface area contributed by atoms with Crippen LogP contribution in [0.15, 0.2) is 53.4 Å². The van der Waals surface area contributed by atoms with E-state index in [4.69, 9.17) is 0 Å². The first-order chi connectivity index (χ1) is 20.4. The lowest BCUT2D eigenvalue weighted by Gasteiger charge is -2.35. The van der Waals surface area contributed by atoms with Gasteiger partial charge in [0.15, 0.2) is 5.78 Å². The highest BCUT2D eigenvalue weighted by molar-refractivity contribution is 9.10. The summed E-state index contributed by atoms with van der Waals surface area (Å²) < 4.78 is 2.16. The molecule has 4 aromatic rings. The summed E-state index contributed by atoms with van der Waals surface area (Å²) in [5.74, 6) is 0.305. The Hall–Kier alpha value is -4.03. The molecule has 1 saturated heterocycles. The maximum Gasteiger partial charge on any atom is 0.248 e. The lowest BCUT2D eigenvalue weighted by atomic mass is 9.81. The number of hydrogen-bond acceptors (Lipinski definition) is 8. The Bertz CT molecular complexity index is 1700. The van der Waals surface area contributed by atoms with Crippen LogP contribution >= 0.6 is 15.9 Å². The number of likely N-dealkylation sites (tertiary alicyclic amines) is 1. The molecule has 3 aromatic heterocycles. The molecule has 12 heteroatoms. The summed E-state index contributed by atoms with van der Waals surface area (Å²) in [4.78, 5) is 57.0. The van der Waals surface area contributed by atoms with E-state index in [9.17, 15) is 14.4 Å². The quantitative estimate of drug-likeness (QED) is 0.221. The highest BCUT2D eigenvalue weighted by Gasteiger charge is 2.51. The zero-order chi connectivity index (χ0) is 31.1. The number of rotatable bonds is 8. The third-order valence-corrected chi connectivity index (χ3v) is 8.58. The van der Waals surface area contributed by atoms with Gasteiger partial charge >= 0.3 is 0 Å². The summed E-state index contributed by atoms with van der Waals surface area (Å²) in [6.07, 6.45) is 3.96. The van der Waals surface area contributed by atoms with Crippen LogP contribution in [-0.2, 0) is 16.1 Å². The minimum atomic E-state index is -0.713. The molecule has 0 aliphatic carbocycles. The Labute approximate surface area is 258 Å². The van der Waals surface area contributed by atoms with Crippen LogP contribution in [0.2, 0.25) is 0 Å². The fourth-order valence-corrected chi connectivity index (χ4v) is 6.37. The maximum absolute atomic E-state index is 14.1. The van der Waals surface area contributed by atoms with Crippen LogP contribution in [0.3, 0.4) is 0 Å². The van der Waals surface area contributed by atoms with Crippen molar-refractivity contribution >= 4 is 50.2 Å². The van der Waals surface area contributed by atoms with Crippen molar-refractivity contribution in [1.29, 1.82) is 0 Å². The normalized spacial score (nSPS) is 20.1. The standard InChI is InChI=1S/C31H35BrN8O3/c1-18(41)29-23-12-21(22-14-33-20(3)34-15-22)10-11-24(23)39(37-29)16-28(42)40-19(2)31(4,17-38(5)6)13-25(40)30(43)36-27-9-7-8-26(32)35-27/h7-12,14-15,19,25H,13,16-17H2,1-6H3,(H,35,36,43)/t19-,25-,31-/m0/s1. The van der Waals surface area contributed by atoms with Crippen molar-refractivity contribution in [3.63, 3.8) is 0 Å². The van der Waals surface area contributed by atoms with E-state index in [1.807, 2.05) is 46.1 Å². The third-order valence-electron chi connectivity index (χ3n) is 8.14. The number of anilines is 1. The molecular formula is C31H35BrN8O3. The van der Waals surface area contributed by atoms with Crippen molar-refractivity contribution in [3.8, 4) is 11.1 Å². The fourth-order valence-electron chi connectivity index (χ4n) is 6.02. The van der Waals surface area contributed by atoms with Crippen LogP contribution in [0, 0.1) is 12.3 Å². The van der Waals surface area contributed by atoms with E-state index in [0.29, 0.717) is 40.1 Å². The van der Waals surface area contributed by atoms with Crippen molar-refractivity contribution in [2.45, 2.75) is 52.7 Å². The second-order valence-electron chi connectivity index (χ2n) is 11.7. The lowest BCUT2D eigenvalue weighted by Crippen LogP contribution is -2.49. The molecule has 11 nitrogen and oxygen atoms in total. The summed E-state index contributed by atoms with van der Waals surface area (Å²) in [6.45, 7) is 7.94. The van der Waals surface area contributed by atoms with Crippen LogP contribution in [0.5, 0.6) is 0 Å². The average molecular weight is 648 g/mol. The molecule has 5 rings (SSSR count). The van der Waals surface area contributed by atoms with E-state index in [0.717, 1.165) is 11.1 Å². The van der Waals surface area contributed by atoms with Crippen LogP contribution in [0.1, 0.15) is 43.5 Å². The van der Waals surface area contributed by atoms with Gasteiger partial charge in [0.05, 0.1) is 5.52 Å². The van der Waals surface area contributed by atoms with Gasteiger partial charge in [-0.3, -0.25) is 19.1 Å². The van der Waals surface area contributed by atoms with Crippen molar-refractivity contribution in [2.24, 2.45) is 5.41 Å². The molecule has 3 atom stereocenters. The molecule has 4 heterocycles. The highest BCUT2D eigenvalue weighted by atomic mass is 79.9. The first-order valence-corrected chi connectivity index (χ1v) is 14.9. The van der Waals surface area contributed by atoms with Gasteiger partial charge in [-0.25, -0.2) is 15.0 Å². The number of aryl methyl sites for hydroxylation is 1. The highest BCUT2D eigenvalue weighted by Crippen LogP contribution is 2.42. The van der Waals surface area contributed by atoms with Crippen LogP contribution in [0.4, 0.5) is 5.82 Å². The van der Waals surface area contributed by atoms with Gasteiger partial charge < -0.3 is 15.1 Å². The number of Topliss-reactive ketones (excluding diaryl/α,β-unsaturated/α-hetero) is 1. The third kappa shape index (κ3) is 6.21. The van der Waals surface area contributed by atoms with E-state index in [-0.39, 0.29) is 41.3 Å². The van der Waals surface area contributed by atoms with E-state index >= 15 is 0 Å². The SMILES string of the molecule is CC(=O)c1nn(CC(=O)N2[C@@H](C)[C@](C)(CN(C)C)C[C@H]2C(=O)Nc2cccc(Br)n2)c2ccc(-c3cnc(C)nc3)cc12. The molecule has 1 aliphatic heterocycles. The number of carbonyl (C=O) groups is 3. The molecule has 1 N–H and O–H groups in total. The smallest absolute Gasteiger partial charge is 0.248 e. The number of fused-ring (bicyclic) bond motifs is 1. The van der Waals surface area contributed by atoms with Gasteiger partial charge in [0, 0.05) is 48.3 Å². The number of nitrogens with zero attached hydrogens (tertiary/aromatic N) is 7. The second kappa shape index (κ2) is 11.9. The van der Waals surface area contributed by atoms with Crippen LogP contribution in [-0.4, -0.2) is 84.9 Å². The molecule has 0 saturated carbocycles. The van der Waals surface area contributed by atoms with E-state index in [1.54, 1.807) is 40.2 Å². The van der Waals surface area contributed by atoms with E-state index < -0.39 is 6.04 Å². The van der Waals surface area contributed by atoms with Crippen LogP contribution in [0.25, 0.3) is 22.0 Å². The number of aromatic nitrogens is 5. The van der Waals surface area contributed by atoms with Gasteiger partial charge in [-0.05, 0) is 80.1 Å². The van der Waals surface area contributed by atoms with Gasteiger partial charge in [-0.2, -0.15) is 5.10 Å². The zero-order valence-electron chi connectivity index (χ0n) is 25.1. The molecule has 2 amide bonds. The molecule has 1 fully saturated rings.